The largest absolute Gasteiger partial charge is 0.416 e. The van der Waals surface area contributed by atoms with Crippen LogP contribution < -0.4 is 5.32 Å². The Morgan fingerprint density at radius 1 is 0.905 bits per heavy atom. The molecule has 0 spiro atoms. The van der Waals surface area contributed by atoms with E-state index in [1.807, 2.05) is 24.3 Å². The molecular formula is C34H36F4N2O2. The number of aryl methyl sites for hydroxylation is 2. The Balaban J connectivity index is 1.48. The lowest BCUT2D eigenvalue weighted by atomic mass is 9.82. The number of alkyl halides is 3. The van der Waals surface area contributed by atoms with E-state index in [1.165, 1.54) is 56.4 Å². The topological polar surface area (TPSA) is 49.4 Å². The van der Waals surface area contributed by atoms with Crippen LogP contribution in [0.1, 0.15) is 82.7 Å². The summed E-state index contributed by atoms with van der Waals surface area (Å²) in [7, 11) is 0. The number of hydrogen-bond acceptors (Lipinski definition) is 2. The van der Waals surface area contributed by atoms with E-state index < -0.39 is 41.3 Å². The summed E-state index contributed by atoms with van der Waals surface area (Å²) in [4.78, 5) is 29.2. The molecule has 8 heteroatoms. The van der Waals surface area contributed by atoms with Gasteiger partial charge in [0.25, 0.3) is 5.91 Å². The van der Waals surface area contributed by atoms with E-state index in [9.17, 15) is 27.2 Å². The fourth-order valence-electron chi connectivity index (χ4n) is 6.60. The third-order valence-electron chi connectivity index (χ3n) is 8.80. The molecule has 0 unspecified atom stereocenters. The molecule has 4 nitrogen and oxygen atoms in total. The number of hydrogen-bond donors (Lipinski definition) is 1. The highest BCUT2D eigenvalue weighted by Crippen LogP contribution is 2.40. The molecule has 1 N–H and O–H groups in total. The van der Waals surface area contributed by atoms with Crippen LogP contribution in [-0.2, 0) is 17.4 Å². The number of piperidine rings is 1. The monoisotopic (exact) mass is 580 g/mol. The van der Waals surface area contributed by atoms with Crippen molar-refractivity contribution in [2.45, 2.75) is 71.0 Å². The van der Waals surface area contributed by atoms with E-state index in [1.54, 1.807) is 24.0 Å². The summed E-state index contributed by atoms with van der Waals surface area (Å²) in [5.41, 5.74) is 1.68. The molecule has 2 aliphatic rings. The lowest BCUT2D eigenvalue weighted by Gasteiger charge is -2.41. The summed E-state index contributed by atoms with van der Waals surface area (Å²) in [5, 5.41) is 2.68. The zero-order valence-corrected chi connectivity index (χ0v) is 23.9. The van der Waals surface area contributed by atoms with Crippen molar-refractivity contribution in [3.05, 3.63) is 99.9 Å². The molecule has 2 amide bonds. The molecule has 5 rings (SSSR count). The van der Waals surface area contributed by atoms with Crippen molar-refractivity contribution < 1.29 is 27.2 Å². The summed E-state index contributed by atoms with van der Waals surface area (Å²) >= 11 is 0. The fraction of sp³-hybridized carbons (Fsp3) is 0.412. The number of carbonyl (C=O) groups excluding carboxylic acids is 2. The Bertz CT molecular complexity index is 1420. The highest BCUT2D eigenvalue weighted by molar-refractivity contribution is 5.98. The number of likely N-dealkylation sites (tertiary alicyclic amines) is 1. The summed E-state index contributed by atoms with van der Waals surface area (Å²) in [6, 6.07) is 15.4. The van der Waals surface area contributed by atoms with Crippen molar-refractivity contribution in [3.63, 3.8) is 0 Å². The van der Waals surface area contributed by atoms with E-state index in [0.717, 1.165) is 18.1 Å². The molecule has 2 atom stereocenters. The van der Waals surface area contributed by atoms with E-state index in [4.69, 9.17) is 0 Å². The lowest BCUT2D eigenvalue weighted by molar-refractivity contribution is -0.138. The van der Waals surface area contributed by atoms with E-state index in [2.05, 4.69) is 5.32 Å². The van der Waals surface area contributed by atoms with Crippen LogP contribution in [0.25, 0.3) is 0 Å². The van der Waals surface area contributed by atoms with Crippen molar-refractivity contribution in [2.24, 2.45) is 11.8 Å². The quantitative estimate of drug-likeness (QED) is 0.298. The van der Waals surface area contributed by atoms with Crippen molar-refractivity contribution >= 4 is 17.5 Å². The standard InChI is InChI=1S/C34H36F4N2O2/c1-21-12-17-26(20-28(21)34(36,37)38)39-32(41)27-10-6-18-40(33(42)30-22(2)7-5-11-29(30)35)31(27)25-15-13-24(14-16-25)19-23-8-3-4-9-23/h5,7,11-17,20,23,27,31H,3-4,6,8-10,18-19H2,1-2H3,(H,39,41)/t27-,31-/m0/s1. The van der Waals surface area contributed by atoms with Gasteiger partial charge in [-0.3, -0.25) is 9.59 Å². The highest BCUT2D eigenvalue weighted by Gasteiger charge is 2.41. The Morgan fingerprint density at radius 2 is 1.62 bits per heavy atom. The Labute approximate surface area is 244 Å². The second-order valence-corrected chi connectivity index (χ2v) is 11.7. The van der Waals surface area contributed by atoms with Crippen LogP contribution >= 0.6 is 0 Å². The predicted octanol–water partition coefficient (Wildman–Crippen LogP) is 8.43. The minimum absolute atomic E-state index is 0.0326. The minimum Gasteiger partial charge on any atom is -0.331 e. The number of amides is 2. The van der Waals surface area contributed by atoms with Crippen molar-refractivity contribution in [1.82, 2.24) is 4.90 Å². The van der Waals surface area contributed by atoms with Gasteiger partial charge in [-0.25, -0.2) is 4.39 Å². The number of nitrogens with zero attached hydrogens (tertiary/aromatic N) is 1. The van der Waals surface area contributed by atoms with Gasteiger partial charge in [-0.1, -0.05) is 68.1 Å². The molecule has 0 aromatic heterocycles. The van der Waals surface area contributed by atoms with Gasteiger partial charge in [-0.05, 0) is 79.5 Å². The van der Waals surface area contributed by atoms with Crippen LogP contribution in [0.2, 0.25) is 0 Å². The van der Waals surface area contributed by atoms with Crippen molar-refractivity contribution in [3.8, 4) is 0 Å². The van der Waals surface area contributed by atoms with Crippen LogP contribution in [-0.4, -0.2) is 23.3 Å². The first-order chi connectivity index (χ1) is 20.0. The molecule has 3 aromatic carbocycles. The zero-order chi connectivity index (χ0) is 30.0. The second kappa shape index (κ2) is 12.3. The molecule has 2 fully saturated rings. The third kappa shape index (κ3) is 6.37. The lowest BCUT2D eigenvalue weighted by Crippen LogP contribution is -2.46. The van der Waals surface area contributed by atoms with Crippen molar-refractivity contribution in [1.29, 1.82) is 0 Å². The SMILES string of the molecule is Cc1ccc(NC(=O)[C@H]2CCCN(C(=O)c3c(C)cccc3F)[C@H]2c2ccc(CC3CCCC3)cc2)cc1C(F)(F)F. The molecule has 1 aliphatic carbocycles. The maximum absolute atomic E-state index is 14.9. The van der Waals surface area contributed by atoms with Gasteiger partial charge in [0, 0.05) is 12.2 Å². The molecule has 1 aliphatic heterocycles. The van der Waals surface area contributed by atoms with Crippen molar-refractivity contribution in [2.75, 3.05) is 11.9 Å². The molecule has 1 heterocycles. The first-order valence-electron chi connectivity index (χ1n) is 14.7. The number of nitrogens with one attached hydrogen (secondary N) is 1. The first-order valence-corrected chi connectivity index (χ1v) is 14.7. The maximum Gasteiger partial charge on any atom is 0.416 e. The number of rotatable bonds is 6. The Morgan fingerprint density at radius 3 is 2.29 bits per heavy atom. The number of benzene rings is 3. The summed E-state index contributed by atoms with van der Waals surface area (Å²) in [5.74, 6) is -1.70. The average Bonchev–Trinajstić information content (AvgIpc) is 3.46. The molecule has 1 saturated heterocycles. The van der Waals surface area contributed by atoms with Gasteiger partial charge in [0.05, 0.1) is 23.1 Å². The van der Waals surface area contributed by atoms with Crippen LogP contribution in [0.5, 0.6) is 0 Å². The first kappa shape index (κ1) is 29.8. The summed E-state index contributed by atoms with van der Waals surface area (Å²) in [6.07, 6.45) is 2.27. The van der Waals surface area contributed by atoms with Gasteiger partial charge in [-0.15, -0.1) is 0 Å². The molecule has 3 aromatic rings. The van der Waals surface area contributed by atoms with Gasteiger partial charge in [0.15, 0.2) is 0 Å². The van der Waals surface area contributed by atoms with E-state index in [-0.39, 0.29) is 16.8 Å². The number of carbonyl (C=O) groups is 2. The van der Waals surface area contributed by atoms with Crippen LogP contribution in [0.4, 0.5) is 23.2 Å². The van der Waals surface area contributed by atoms with Crippen LogP contribution in [0.15, 0.2) is 60.7 Å². The Kier molecular flexibility index (Phi) is 8.71. The number of halogens is 4. The summed E-state index contributed by atoms with van der Waals surface area (Å²) in [6.45, 7) is 3.37. The smallest absolute Gasteiger partial charge is 0.331 e. The van der Waals surface area contributed by atoms with E-state index in [0.29, 0.717) is 30.9 Å². The minimum atomic E-state index is -4.56. The fourth-order valence-corrected chi connectivity index (χ4v) is 6.60. The number of anilines is 1. The Hall–Kier alpha value is -3.68. The zero-order valence-electron chi connectivity index (χ0n) is 23.9. The van der Waals surface area contributed by atoms with Gasteiger partial charge >= 0.3 is 6.18 Å². The normalized spacial score (nSPS) is 19.6. The summed E-state index contributed by atoms with van der Waals surface area (Å²) < 4.78 is 55.6. The van der Waals surface area contributed by atoms with Crippen LogP contribution in [0, 0.1) is 31.5 Å². The molecular weight excluding hydrogens is 544 g/mol. The highest BCUT2D eigenvalue weighted by atomic mass is 19.4. The maximum atomic E-state index is 14.9. The van der Waals surface area contributed by atoms with Gasteiger partial charge in [-0.2, -0.15) is 13.2 Å². The van der Waals surface area contributed by atoms with Crippen LogP contribution in [0.3, 0.4) is 0 Å². The molecule has 222 valence electrons. The molecule has 42 heavy (non-hydrogen) atoms. The van der Waals surface area contributed by atoms with Gasteiger partial charge in [0.1, 0.15) is 5.82 Å². The second-order valence-electron chi connectivity index (χ2n) is 11.7. The van der Waals surface area contributed by atoms with E-state index >= 15 is 0 Å². The average molecular weight is 581 g/mol. The van der Waals surface area contributed by atoms with Gasteiger partial charge < -0.3 is 10.2 Å². The molecule has 0 bridgehead atoms. The van der Waals surface area contributed by atoms with Gasteiger partial charge in [0.2, 0.25) is 5.91 Å². The third-order valence-corrected chi connectivity index (χ3v) is 8.80. The molecule has 0 radical (unpaired) electrons. The molecule has 1 saturated carbocycles. The predicted molar refractivity (Wildman–Crippen MR) is 155 cm³/mol.